The molecule has 0 atom stereocenters. The normalized spacial score (nSPS) is 11.8. The van der Waals surface area contributed by atoms with Crippen molar-refractivity contribution in [3.8, 4) is 0 Å². The van der Waals surface area contributed by atoms with Crippen molar-refractivity contribution >= 4 is 5.96 Å². The van der Waals surface area contributed by atoms with Crippen LogP contribution in [0.25, 0.3) is 0 Å². The Labute approximate surface area is 151 Å². The molecule has 25 heavy (non-hydrogen) atoms. The van der Waals surface area contributed by atoms with Crippen LogP contribution in [0.1, 0.15) is 37.3 Å². The van der Waals surface area contributed by atoms with Gasteiger partial charge in [-0.05, 0) is 44.6 Å². The Bertz CT molecular complexity index is 520. The first kappa shape index (κ1) is 21.4. The van der Waals surface area contributed by atoms with E-state index in [9.17, 15) is 4.39 Å². The fourth-order valence-electron chi connectivity index (χ4n) is 2.34. The topological polar surface area (TPSA) is 48.9 Å². The van der Waals surface area contributed by atoms with Crippen LogP contribution >= 0.6 is 0 Å². The van der Waals surface area contributed by atoms with Gasteiger partial charge in [0.1, 0.15) is 5.82 Å². The van der Waals surface area contributed by atoms with E-state index in [1.807, 2.05) is 25.1 Å². The number of unbranched alkanes of at least 4 members (excludes halogenated alkanes) is 1. The number of nitrogens with one attached hydrogen (secondary N) is 2. The molecular weight excluding hydrogens is 319 g/mol. The molecule has 6 heteroatoms. The van der Waals surface area contributed by atoms with E-state index in [0.717, 1.165) is 50.5 Å². The molecule has 0 aliphatic carbocycles. The highest BCUT2D eigenvalue weighted by molar-refractivity contribution is 5.79. The van der Waals surface area contributed by atoms with E-state index in [0.29, 0.717) is 18.7 Å². The standard InChI is InChI=1S/C19H33FN4O/c1-5-6-11-25-12-7-10-22-19(21-2)23-14-16-8-9-18(20)17(13-16)15-24(3)4/h8-9,13H,5-7,10-12,14-15H2,1-4H3,(H2,21,22,23). The summed E-state index contributed by atoms with van der Waals surface area (Å²) in [5.74, 6) is 0.579. The first-order valence-corrected chi connectivity index (χ1v) is 9.01. The molecule has 0 amide bonds. The smallest absolute Gasteiger partial charge is 0.191 e. The fraction of sp³-hybridized carbons (Fsp3) is 0.632. The second kappa shape index (κ2) is 12.7. The lowest BCUT2D eigenvalue weighted by Gasteiger charge is -2.14. The lowest BCUT2D eigenvalue weighted by Crippen LogP contribution is -2.37. The van der Waals surface area contributed by atoms with Crippen LogP contribution in [0.4, 0.5) is 4.39 Å². The van der Waals surface area contributed by atoms with Crippen LogP contribution in [0.15, 0.2) is 23.2 Å². The Balaban J connectivity index is 2.34. The average molecular weight is 352 g/mol. The van der Waals surface area contributed by atoms with Gasteiger partial charge in [0.25, 0.3) is 0 Å². The summed E-state index contributed by atoms with van der Waals surface area (Å²) in [6.07, 6.45) is 3.21. The molecule has 142 valence electrons. The van der Waals surface area contributed by atoms with Crippen molar-refractivity contribution in [1.29, 1.82) is 0 Å². The highest BCUT2D eigenvalue weighted by Crippen LogP contribution is 2.12. The lowest BCUT2D eigenvalue weighted by molar-refractivity contribution is 0.129. The van der Waals surface area contributed by atoms with Gasteiger partial charge in [0.2, 0.25) is 0 Å². The third-order valence-electron chi connectivity index (χ3n) is 3.68. The van der Waals surface area contributed by atoms with Gasteiger partial charge in [-0.1, -0.05) is 19.4 Å². The summed E-state index contributed by atoms with van der Waals surface area (Å²) < 4.78 is 19.4. The van der Waals surface area contributed by atoms with Crippen molar-refractivity contribution in [2.24, 2.45) is 4.99 Å². The largest absolute Gasteiger partial charge is 0.381 e. The van der Waals surface area contributed by atoms with Crippen LogP contribution in [-0.2, 0) is 17.8 Å². The molecule has 0 bridgehead atoms. The molecule has 5 nitrogen and oxygen atoms in total. The minimum atomic E-state index is -0.164. The summed E-state index contributed by atoms with van der Waals surface area (Å²) in [5, 5.41) is 6.52. The van der Waals surface area contributed by atoms with Crippen molar-refractivity contribution in [3.05, 3.63) is 35.1 Å². The summed E-state index contributed by atoms with van der Waals surface area (Å²) in [4.78, 5) is 6.17. The molecule has 0 aliphatic rings. The fourth-order valence-corrected chi connectivity index (χ4v) is 2.34. The van der Waals surface area contributed by atoms with E-state index in [1.54, 1.807) is 13.1 Å². The molecule has 0 heterocycles. The van der Waals surface area contributed by atoms with E-state index in [2.05, 4.69) is 22.5 Å². The Morgan fingerprint density at radius 1 is 1.20 bits per heavy atom. The molecule has 1 rings (SSSR count). The van der Waals surface area contributed by atoms with Gasteiger partial charge < -0.3 is 20.3 Å². The second-order valence-electron chi connectivity index (χ2n) is 6.34. The molecule has 2 N–H and O–H groups in total. The summed E-state index contributed by atoms with van der Waals surface area (Å²) in [6, 6.07) is 5.23. The molecular formula is C19H33FN4O. The monoisotopic (exact) mass is 352 g/mol. The highest BCUT2D eigenvalue weighted by atomic mass is 19.1. The van der Waals surface area contributed by atoms with Crippen molar-refractivity contribution in [2.75, 3.05) is 40.9 Å². The van der Waals surface area contributed by atoms with E-state index in [1.165, 1.54) is 6.07 Å². The highest BCUT2D eigenvalue weighted by Gasteiger charge is 2.05. The maximum Gasteiger partial charge on any atom is 0.191 e. The van der Waals surface area contributed by atoms with Crippen LogP contribution in [0, 0.1) is 5.82 Å². The second-order valence-corrected chi connectivity index (χ2v) is 6.34. The maximum atomic E-state index is 13.8. The number of guanidine groups is 1. The lowest BCUT2D eigenvalue weighted by atomic mass is 10.1. The molecule has 0 saturated carbocycles. The van der Waals surface area contributed by atoms with Crippen LogP contribution in [0.5, 0.6) is 0 Å². The third kappa shape index (κ3) is 9.41. The number of ether oxygens (including phenoxy) is 1. The molecule has 0 radical (unpaired) electrons. The molecule has 0 aliphatic heterocycles. The molecule has 0 spiro atoms. The van der Waals surface area contributed by atoms with Crippen molar-refractivity contribution in [2.45, 2.75) is 39.3 Å². The summed E-state index contributed by atoms with van der Waals surface area (Å²) in [5.41, 5.74) is 1.74. The number of hydrogen-bond acceptors (Lipinski definition) is 3. The quantitative estimate of drug-likeness (QED) is 0.365. The molecule has 0 unspecified atom stereocenters. The van der Waals surface area contributed by atoms with E-state index in [-0.39, 0.29) is 5.82 Å². The third-order valence-corrected chi connectivity index (χ3v) is 3.68. The Morgan fingerprint density at radius 2 is 1.96 bits per heavy atom. The van der Waals surface area contributed by atoms with E-state index in [4.69, 9.17) is 4.74 Å². The van der Waals surface area contributed by atoms with Gasteiger partial charge in [0.15, 0.2) is 5.96 Å². The van der Waals surface area contributed by atoms with Crippen molar-refractivity contribution < 1.29 is 9.13 Å². The molecule has 1 aromatic carbocycles. The minimum Gasteiger partial charge on any atom is -0.381 e. The summed E-state index contributed by atoms with van der Waals surface area (Å²) in [6.45, 7) is 5.75. The van der Waals surface area contributed by atoms with Crippen molar-refractivity contribution in [1.82, 2.24) is 15.5 Å². The number of hydrogen-bond donors (Lipinski definition) is 2. The number of nitrogens with zero attached hydrogens (tertiary/aromatic N) is 2. The van der Waals surface area contributed by atoms with Gasteiger partial charge >= 0.3 is 0 Å². The van der Waals surface area contributed by atoms with E-state index < -0.39 is 0 Å². The molecule has 1 aromatic rings. The average Bonchev–Trinajstić information content (AvgIpc) is 2.59. The van der Waals surface area contributed by atoms with Crippen LogP contribution in [-0.4, -0.2) is 51.8 Å². The Hall–Kier alpha value is -1.66. The Kier molecular flexibility index (Phi) is 10.8. The predicted octanol–water partition coefficient (Wildman–Crippen LogP) is 2.76. The maximum absolute atomic E-state index is 13.8. The van der Waals surface area contributed by atoms with Crippen molar-refractivity contribution in [3.63, 3.8) is 0 Å². The SMILES string of the molecule is CCCCOCCCNC(=NC)NCc1ccc(F)c(CN(C)C)c1. The molecule has 0 fully saturated rings. The van der Waals surface area contributed by atoms with E-state index >= 15 is 0 Å². The first-order chi connectivity index (χ1) is 12.1. The molecule has 0 saturated heterocycles. The number of aliphatic imine (C=N–C) groups is 1. The molecule has 0 aromatic heterocycles. The summed E-state index contributed by atoms with van der Waals surface area (Å²) in [7, 11) is 5.61. The van der Waals surface area contributed by atoms with Crippen LogP contribution < -0.4 is 10.6 Å². The van der Waals surface area contributed by atoms with Gasteiger partial charge in [-0.2, -0.15) is 0 Å². The van der Waals surface area contributed by atoms with Gasteiger partial charge in [-0.3, -0.25) is 4.99 Å². The van der Waals surface area contributed by atoms with Gasteiger partial charge in [-0.25, -0.2) is 4.39 Å². The summed E-state index contributed by atoms with van der Waals surface area (Å²) >= 11 is 0. The number of benzene rings is 1. The number of halogens is 1. The minimum absolute atomic E-state index is 0.164. The van der Waals surface area contributed by atoms with Crippen LogP contribution in [0.2, 0.25) is 0 Å². The Morgan fingerprint density at radius 3 is 2.64 bits per heavy atom. The van der Waals surface area contributed by atoms with Gasteiger partial charge in [0.05, 0.1) is 0 Å². The zero-order chi connectivity index (χ0) is 18.5. The zero-order valence-corrected chi connectivity index (χ0v) is 16.1. The van der Waals surface area contributed by atoms with Gasteiger partial charge in [-0.15, -0.1) is 0 Å². The van der Waals surface area contributed by atoms with Crippen LogP contribution in [0.3, 0.4) is 0 Å². The first-order valence-electron chi connectivity index (χ1n) is 9.01. The van der Waals surface area contributed by atoms with Gasteiger partial charge in [0, 0.05) is 45.5 Å². The number of rotatable bonds is 11. The predicted molar refractivity (Wildman–Crippen MR) is 102 cm³/mol. The zero-order valence-electron chi connectivity index (χ0n) is 16.1.